The molecule has 0 bridgehead atoms. The Morgan fingerprint density at radius 3 is 1.83 bits per heavy atom. The van der Waals surface area contributed by atoms with Gasteiger partial charge in [-0.1, -0.05) is 140 Å². The molecule has 0 saturated carbocycles. The summed E-state index contributed by atoms with van der Waals surface area (Å²) < 4.78 is 6.49. The fourth-order valence-electron chi connectivity index (χ4n) is 8.11. The molecule has 1 aliphatic rings. The molecule has 11 rings (SSSR count). The maximum Gasteiger partial charge on any atom is 0.180 e. The second kappa shape index (κ2) is 12.1. The lowest BCUT2D eigenvalue weighted by molar-refractivity contribution is 0.667. The summed E-state index contributed by atoms with van der Waals surface area (Å²) in [6.45, 7) is 0. The molecule has 0 spiro atoms. The largest absolute Gasteiger partial charge is 0.452 e. The fourth-order valence-corrected chi connectivity index (χ4v) is 8.11. The van der Waals surface area contributed by atoms with E-state index in [-0.39, 0.29) is 0 Å². The standard InChI is InChI=1S/C50H31N3O/c1-4-13-32(14-5-1)33-23-25-35(26-24-33)47-49-48(41-19-10-11-22-45(41)54-49)52-50(51-47)36-27-29-43-42(31-36)40-21-12-20-39-38(34-15-6-2-7-16-34)28-30-44(46(39)40)53(43)37-17-8-3-9-18-37/h1-31H. The van der Waals surface area contributed by atoms with E-state index in [1.807, 2.05) is 24.3 Å². The number of anilines is 3. The maximum atomic E-state index is 6.49. The Balaban J connectivity index is 1.13. The monoisotopic (exact) mass is 689 g/mol. The third kappa shape index (κ3) is 4.78. The van der Waals surface area contributed by atoms with Gasteiger partial charge in [-0.15, -0.1) is 0 Å². The molecular weight excluding hydrogens is 659 g/mol. The lowest BCUT2D eigenvalue weighted by atomic mass is 9.87. The van der Waals surface area contributed by atoms with E-state index in [4.69, 9.17) is 14.4 Å². The van der Waals surface area contributed by atoms with Crippen molar-refractivity contribution in [2.45, 2.75) is 0 Å². The van der Waals surface area contributed by atoms with Gasteiger partial charge in [0.15, 0.2) is 11.4 Å². The average Bonchev–Trinajstić information content (AvgIpc) is 3.63. The number of aromatic nitrogens is 2. The van der Waals surface area contributed by atoms with E-state index in [9.17, 15) is 0 Å². The van der Waals surface area contributed by atoms with E-state index < -0.39 is 0 Å². The molecule has 252 valence electrons. The zero-order chi connectivity index (χ0) is 35.6. The van der Waals surface area contributed by atoms with E-state index in [0.717, 1.165) is 61.5 Å². The molecule has 0 unspecified atom stereocenters. The van der Waals surface area contributed by atoms with Crippen LogP contribution in [-0.2, 0) is 0 Å². The molecule has 10 aromatic rings. The number of benzene rings is 8. The third-order valence-corrected chi connectivity index (χ3v) is 10.6. The Morgan fingerprint density at radius 2 is 1.04 bits per heavy atom. The summed E-state index contributed by atoms with van der Waals surface area (Å²) in [4.78, 5) is 12.9. The van der Waals surface area contributed by atoms with Gasteiger partial charge in [0, 0.05) is 33.2 Å². The van der Waals surface area contributed by atoms with Gasteiger partial charge in [-0.05, 0) is 81.7 Å². The van der Waals surface area contributed by atoms with Crippen molar-refractivity contribution < 1.29 is 4.42 Å². The molecule has 0 saturated heterocycles. The van der Waals surface area contributed by atoms with Gasteiger partial charge in [0.25, 0.3) is 0 Å². The van der Waals surface area contributed by atoms with E-state index in [2.05, 4.69) is 169 Å². The van der Waals surface area contributed by atoms with Crippen molar-refractivity contribution in [1.82, 2.24) is 9.97 Å². The first kappa shape index (κ1) is 30.3. The molecule has 0 amide bonds. The van der Waals surface area contributed by atoms with Gasteiger partial charge in [-0.25, -0.2) is 9.97 Å². The van der Waals surface area contributed by atoms with Crippen molar-refractivity contribution in [2.75, 3.05) is 4.90 Å². The molecule has 4 heteroatoms. The van der Waals surface area contributed by atoms with Gasteiger partial charge in [0.05, 0.1) is 11.4 Å². The minimum Gasteiger partial charge on any atom is -0.452 e. The summed E-state index contributed by atoms with van der Waals surface area (Å²) in [7, 11) is 0. The minimum atomic E-state index is 0.654. The summed E-state index contributed by atoms with van der Waals surface area (Å²) in [5.74, 6) is 0.654. The van der Waals surface area contributed by atoms with Gasteiger partial charge >= 0.3 is 0 Å². The van der Waals surface area contributed by atoms with Crippen molar-refractivity contribution in [2.24, 2.45) is 0 Å². The first-order valence-corrected chi connectivity index (χ1v) is 18.2. The molecular formula is C50H31N3O. The predicted molar refractivity (Wildman–Crippen MR) is 222 cm³/mol. The lowest BCUT2D eigenvalue weighted by Gasteiger charge is -2.34. The smallest absolute Gasteiger partial charge is 0.180 e. The third-order valence-electron chi connectivity index (χ3n) is 10.6. The Hall–Kier alpha value is -7.30. The van der Waals surface area contributed by atoms with Crippen LogP contribution in [0.4, 0.5) is 17.1 Å². The maximum absolute atomic E-state index is 6.49. The number of nitrogens with zero attached hydrogens (tertiary/aromatic N) is 3. The van der Waals surface area contributed by atoms with Gasteiger partial charge in [0.2, 0.25) is 0 Å². The number of para-hydroxylation sites is 2. The van der Waals surface area contributed by atoms with E-state index >= 15 is 0 Å². The van der Waals surface area contributed by atoms with Crippen LogP contribution in [0.15, 0.2) is 192 Å². The molecule has 0 fully saturated rings. The second-order valence-corrected chi connectivity index (χ2v) is 13.7. The molecule has 54 heavy (non-hydrogen) atoms. The van der Waals surface area contributed by atoms with E-state index in [1.165, 1.54) is 33.0 Å². The number of fused-ring (bicyclic) bond motifs is 5. The topological polar surface area (TPSA) is 42.2 Å². The molecule has 0 N–H and O–H groups in total. The summed E-state index contributed by atoms with van der Waals surface area (Å²) in [5, 5.41) is 3.42. The highest BCUT2D eigenvalue weighted by atomic mass is 16.3. The van der Waals surface area contributed by atoms with Crippen LogP contribution >= 0.6 is 0 Å². The second-order valence-electron chi connectivity index (χ2n) is 13.7. The van der Waals surface area contributed by atoms with Crippen LogP contribution in [0.25, 0.3) is 88.9 Å². The fraction of sp³-hybridized carbons (Fsp3) is 0. The normalized spacial score (nSPS) is 12.0. The van der Waals surface area contributed by atoms with E-state index in [1.54, 1.807) is 0 Å². The summed E-state index contributed by atoms with van der Waals surface area (Å²) >= 11 is 0. The highest BCUT2D eigenvalue weighted by molar-refractivity contribution is 6.17. The Labute approximate surface area is 312 Å². The van der Waals surface area contributed by atoms with Gasteiger partial charge in [-0.2, -0.15) is 0 Å². The van der Waals surface area contributed by atoms with Crippen molar-refractivity contribution in [1.29, 1.82) is 0 Å². The SMILES string of the molecule is c1ccc(-c2ccc(-c3nc(-c4ccc5c(c4)-c4cccc6c(-c7ccccc7)ccc(c46)N5c4ccccc4)nc4c3oc3ccccc34)cc2)cc1. The van der Waals surface area contributed by atoms with Crippen molar-refractivity contribution in [3.05, 3.63) is 188 Å². The Kier molecular flexibility index (Phi) is 6.82. The highest BCUT2D eigenvalue weighted by Crippen LogP contribution is 2.53. The zero-order valence-electron chi connectivity index (χ0n) is 29.1. The van der Waals surface area contributed by atoms with Crippen molar-refractivity contribution in [3.8, 4) is 56.0 Å². The van der Waals surface area contributed by atoms with Gasteiger partial charge in [0.1, 0.15) is 16.8 Å². The summed E-state index contributed by atoms with van der Waals surface area (Å²) in [6, 6.07) is 66.3. The number of hydrogen-bond donors (Lipinski definition) is 0. The Bertz CT molecular complexity index is 3030. The number of rotatable bonds is 5. The van der Waals surface area contributed by atoms with Crippen LogP contribution in [0.2, 0.25) is 0 Å². The van der Waals surface area contributed by atoms with E-state index in [0.29, 0.717) is 11.4 Å². The number of furan rings is 1. The van der Waals surface area contributed by atoms with Crippen molar-refractivity contribution in [3.63, 3.8) is 0 Å². The van der Waals surface area contributed by atoms with Crippen LogP contribution < -0.4 is 4.90 Å². The van der Waals surface area contributed by atoms with Crippen LogP contribution in [-0.4, -0.2) is 9.97 Å². The molecule has 2 aromatic heterocycles. The average molecular weight is 690 g/mol. The first-order chi connectivity index (χ1) is 26.8. The quantitative estimate of drug-likeness (QED) is 0.180. The summed E-state index contributed by atoms with van der Waals surface area (Å²) in [5.41, 5.74) is 15.4. The van der Waals surface area contributed by atoms with Gasteiger partial charge < -0.3 is 9.32 Å². The first-order valence-electron chi connectivity index (χ1n) is 18.2. The highest BCUT2D eigenvalue weighted by Gasteiger charge is 2.28. The van der Waals surface area contributed by atoms with Crippen LogP contribution in [0.5, 0.6) is 0 Å². The molecule has 3 heterocycles. The molecule has 8 aromatic carbocycles. The van der Waals surface area contributed by atoms with Crippen LogP contribution in [0.3, 0.4) is 0 Å². The summed E-state index contributed by atoms with van der Waals surface area (Å²) in [6.07, 6.45) is 0. The van der Waals surface area contributed by atoms with Crippen LogP contribution in [0, 0.1) is 0 Å². The minimum absolute atomic E-state index is 0.654. The molecule has 1 aliphatic heterocycles. The molecule has 0 aliphatic carbocycles. The predicted octanol–water partition coefficient (Wildman–Crippen LogP) is 13.6. The zero-order valence-corrected chi connectivity index (χ0v) is 29.1. The molecule has 0 atom stereocenters. The lowest BCUT2D eigenvalue weighted by Crippen LogP contribution is -2.15. The van der Waals surface area contributed by atoms with Crippen molar-refractivity contribution >= 4 is 49.9 Å². The molecule has 0 radical (unpaired) electrons. The number of hydrogen-bond acceptors (Lipinski definition) is 4. The van der Waals surface area contributed by atoms with Crippen LogP contribution in [0.1, 0.15) is 0 Å². The molecule has 4 nitrogen and oxygen atoms in total. The Morgan fingerprint density at radius 1 is 0.407 bits per heavy atom. The van der Waals surface area contributed by atoms with Gasteiger partial charge in [-0.3, -0.25) is 0 Å².